The van der Waals surface area contributed by atoms with Crippen LogP contribution in [0.5, 0.6) is 0 Å². The van der Waals surface area contributed by atoms with Gasteiger partial charge < -0.3 is 10.6 Å². The fourth-order valence-electron chi connectivity index (χ4n) is 2.69. The zero-order chi connectivity index (χ0) is 17.7. The molecule has 126 valence electrons. The van der Waals surface area contributed by atoms with Gasteiger partial charge in [0.05, 0.1) is 12.5 Å². The van der Waals surface area contributed by atoms with Crippen LogP contribution in [0.15, 0.2) is 42.5 Å². The van der Waals surface area contributed by atoms with E-state index in [1.807, 2.05) is 26.0 Å². The molecule has 4 nitrogen and oxygen atoms in total. The molecule has 4 heteroatoms. The van der Waals surface area contributed by atoms with Crippen LogP contribution < -0.4 is 10.6 Å². The Morgan fingerprint density at radius 2 is 1.71 bits per heavy atom. The average Bonchev–Trinajstić information content (AvgIpc) is 2.51. The molecule has 2 aromatic carbocycles. The number of carbonyl (C=O) groups is 2. The molecule has 0 bridgehead atoms. The third-order valence-corrected chi connectivity index (χ3v) is 3.92. The summed E-state index contributed by atoms with van der Waals surface area (Å²) in [6.45, 7) is 7.57. The van der Waals surface area contributed by atoms with Crippen LogP contribution in [0, 0.1) is 13.8 Å². The summed E-state index contributed by atoms with van der Waals surface area (Å²) in [5.41, 5.74) is 5.15. The molecule has 0 aliphatic rings. The Labute approximate surface area is 143 Å². The van der Waals surface area contributed by atoms with E-state index >= 15 is 0 Å². The van der Waals surface area contributed by atoms with Gasteiger partial charge in [0.2, 0.25) is 11.8 Å². The van der Waals surface area contributed by atoms with Crippen LogP contribution in [0.2, 0.25) is 0 Å². The number of carbonyl (C=O) groups excluding carboxylic acids is 2. The van der Waals surface area contributed by atoms with Gasteiger partial charge in [-0.25, -0.2) is 0 Å². The van der Waals surface area contributed by atoms with E-state index in [0.29, 0.717) is 6.42 Å². The summed E-state index contributed by atoms with van der Waals surface area (Å²) >= 11 is 0. The predicted octanol–water partition coefficient (Wildman–Crippen LogP) is 3.68. The van der Waals surface area contributed by atoms with E-state index in [4.69, 9.17) is 0 Å². The summed E-state index contributed by atoms with van der Waals surface area (Å²) in [5.74, 6) is -0.126. The number of hydrogen-bond acceptors (Lipinski definition) is 2. The molecule has 0 heterocycles. The molecule has 0 unspecified atom stereocenters. The number of anilines is 1. The molecule has 2 rings (SSSR count). The van der Waals surface area contributed by atoms with Gasteiger partial charge in [-0.3, -0.25) is 9.59 Å². The quantitative estimate of drug-likeness (QED) is 0.881. The highest BCUT2D eigenvalue weighted by atomic mass is 16.2. The number of nitrogens with one attached hydrogen (secondary N) is 2. The first-order chi connectivity index (χ1) is 11.3. The second-order valence-electron chi connectivity index (χ2n) is 6.20. The van der Waals surface area contributed by atoms with Crippen LogP contribution in [-0.2, 0) is 16.0 Å². The molecule has 2 aromatic rings. The van der Waals surface area contributed by atoms with Gasteiger partial charge in [-0.1, -0.05) is 35.9 Å². The first-order valence-electron chi connectivity index (χ1n) is 8.08. The lowest BCUT2D eigenvalue weighted by atomic mass is 9.99. The molecular weight excluding hydrogens is 300 g/mol. The fraction of sp³-hybridized carbons (Fsp3) is 0.300. The molecule has 0 aliphatic heterocycles. The maximum Gasteiger partial charge on any atom is 0.224 e. The van der Waals surface area contributed by atoms with Gasteiger partial charge in [-0.05, 0) is 49.6 Å². The van der Waals surface area contributed by atoms with Crippen molar-refractivity contribution in [2.24, 2.45) is 0 Å². The second-order valence-corrected chi connectivity index (χ2v) is 6.20. The highest BCUT2D eigenvalue weighted by Crippen LogP contribution is 2.19. The first-order valence-corrected chi connectivity index (χ1v) is 8.08. The summed E-state index contributed by atoms with van der Waals surface area (Å²) in [4.78, 5) is 23.3. The molecular formula is C20H24N2O2. The minimum Gasteiger partial charge on any atom is -0.349 e. The second kappa shape index (κ2) is 7.77. The monoisotopic (exact) mass is 324 g/mol. The first kappa shape index (κ1) is 17.7. The largest absolute Gasteiger partial charge is 0.349 e. The summed E-state index contributed by atoms with van der Waals surface area (Å²) in [7, 11) is 0. The van der Waals surface area contributed by atoms with Crippen LogP contribution in [0.3, 0.4) is 0 Å². The van der Waals surface area contributed by atoms with Crippen molar-refractivity contribution in [1.82, 2.24) is 5.32 Å². The van der Waals surface area contributed by atoms with Crippen molar-refractivity contribution in [3.63, 3.8) is 0 Å². The molecule has 0 aromatic heterocycles. The van der Waals surface area contributed by atoms with Gasteiger partial charge in [-0.2, -0.15) is 0 Å². The van der Waals surface area contributed by atoms with Crippen molar-refractivity contribution in [3.8, 4) is 0 Å². The minimum absolute atomic E-state index is 0.0179. The topological polar surface area (TPSA) is 58.2 Å². The summed E-state index contributed by atoms with van der Waals surface area (Å²) in [6, 6.07) is 13.5. The predicted molar refractivity (Wildman–Crippen MR) is 96.9 cm³/mol. The number of hydrogen-bond donors (Lipinski definition) is 2. The molecule has 2 amide bonds. The molecule has 0 fully saturated rings. The molecule has 0 saturated heterocycles. The molecule has 0 spiro atoms. The van der Waals surface area contributed by atoms with Gasteiger partial charge in [0.25, 0.3) is 0 Å². The van der Waals surface area contributed by atoms with Gasteiger partial charge in [0, 0.05) is 12.6 Å². The van der Waals surface area contributed by atoms with Gasteiger partial charge in [-0.15, -0.1) is 0 Å². The zero-order valence-corrected chi connectivity index (χ0v) is 14.6. The minimum atomic E-state index is -0.108. The lowest BCUT2D eigenvalue weighted by Crippen LogP contribution is -2.28. The van der Waals surface area contributed by atoms with E-state index < -0.39 is 0 Å². The van der Waals surface area contributed by atoms with Crippen molar-refractivity contribution >= 4 is 17.5 Å². The Morgan fingerprint density at radius 3 is 2.33 bits per heavy atom. The fourth-order valence-corrected chi connectivity index (χ4v) is 2.69. The van der Waals surface area contributed by atoms with Gasteiger partial charge in [0.1, 0.15) is 0 Å². The van der Waals surface area contributed by atoms with Crippen LogP contribution in [0.4, 0.5) is 5.69 Å². The number of aryl methyl sites for hydroxylation is 2. The van der Waals surface area contributed by atoms with Crippen LogP contribution >= 0.6 is 0 Å². The lowest BCUT2D eigenvalue weighted by Gasteiger charge is -2.17. The molecule has 2 N–H and O–H groups in total. The van der Waals surface area contributed by atoms with Crippen molar-refractivity contribution in [1.29, 1.82) is 0 Å². The van der Waals surface area contributed by atoms with E-state index in [-0.39, 0.29) is 17.9 Å². The molecule has 24 heavy (non-hydrogen) atoms. The molecule has 0 radical (unpaired) electrons. The van der Waals surface area contributed by atoms with Crippen molar-refractivity contribution in [3.05, 3.63) is 64.7 Å². The Balaban J connectivity index is 1.97. The summed E-state index contributed by atoms with van der Waals surface area (Å²) in [6.07, 6.45) is 0.315. The molecule has 1 atom stereocenters. The van der Waals surface area contributed by atoms with E-state index in [0.717, 1.165) is 16.8 Å². The zero-order valence-electron chi connectivity index (χ0n) is 14.6. The molecule has 0 saturated carbocycles. The van der Waals surface area contributed by atoms with Gasteiger partial charge in [0.15, 0.2) is 0 Å². The normalized spacial score (nSPS) is 11.7. The number of benzene rings is 2. The highest BCUT2D eigenvalue weighted by molar-refractivity contribution is 5.88. The molecule has 0 aliphatic carbocycles. The van der Waals surface area contributed by atoms with Crippen LogP contribution in [0.25, 0.3) is 0 Å². The van der Waals surface area contributed by atoms with Crippen molar-refractivity contribution in [2.75, 3.05) is 5.32 Å². The van der Waals surface area contributed by atoms with Crippen LogP contribution in [0.1, 0.15) is 42.1 Å². The van der Waals surface area contributed by atoms with E-state index in [1.54, 1.807) is 12.1 Å². The maximum absolute atomic E-state index is 12.3. The summed E-state index contributed by atoms with van der Waals surface area (Å²) < 4.78 is 0. The number of rotatable bonds is 5. The number of amides is 2. The average molecular weight is 324 g/mol. The summed E-state index contributed by atoms with van der Waals surface area (Å²) in [5, 5.41) is 5.76. The lowest BCUT2D eigenvalue weighted by molar-refractivity contribution is -0.121. The Morgan fingerprint density at radius 1 is 1.04 bits per heavy atom. The Hall–Kier alpha value is -2.62. The van der Waals surface area contributed by atoms with Crippen molar-refractivity contribution < 1.29 is 9.59 Å². The third-order valence-electron chi connectivity index (χ3n) is 3.92. The Kier molecular flexibility index (Phi) is 5.74. The van der Waals surface area contributed by atoms with E-state index in [2.05, 4.69) is 35.8 Å². The van der Waals surface area contributed by atoms with E-state index in [1.165, 1.54) is 18.1 Å². The van der Waals surface area contributed by atoms with Crippen molar-refractivity contribution in [2.45, 2.75) is 40.2 Å². The van der Waals surface area contributed by atoms with Gasteiger partial charge >= 0.3 is 0 Å². The van der Waals surface area contributed by atoms with Crippen LogP contribution in [-0.4, -0.2) is 11.8 Å². The van der Waals surface area contributed by atoms with E-state index in [9.17, 15) is 9.59 Å². The smallest absolute Gasteiger partial charge is 0.224 e. The SMILES string of the molecule is CC(=O)Nc1ccc(CC(=O)N[C@@H](C)c2cc(C)ccc2C)cc1. The Bertz CT molecular complexity index is 736. The highest BCUT2D eigenvalue weighted by Gasteiger charge is 2.12. The standard InChI is InChI=1S/C20H24N2O2/c1-13-5-6-14(2)19(11-13)15(3)21-20(24)12-17-7-9-18(10-8-17)22-16(4)23/h5-11,15H,12H2,1-4H3,(H,21,24)(H,22,23)/t15-/m0/s1. The third kappa shape index (κ3) is 4.95. The maximum atomic E-state index is 12.3.